The van der Waals surface area contributed by atoms with E-state index in [0.717, 1.165) is 0 Å². The van der Waals surface area contributed by atoms with E-state index in [2.05, 4.69) is 0 Å². The SMILES string of the molecule is CCN1C[C@H](C(=O)N2CCO[C@H](C(=O)O)C2)CC1=O. The summed E-state index contributed by atoms with van der Waals surface area (Å²) in [5, 5.41) is 8.90. The predicted octanol–water partition coefficient (Wildman–Crippen LogP) is -0.833. The lowest BCUT2D eigenvalue weighted by Gasteiger charge is -2.32. The molecule has 7 nitrogen and oxygen atoms in total. The topological polar surface area (TPSA) is 87.2 Å². The van der Waals surface area contributed by atoms with Gasteiger partial charge in [0.1, 0.15) is 0 Å². The maximum Gasteiger partial charge on any atom is 0.334 e. The quantitative estimate of drug-likeness (QED) is 0.723. The van der Waals surface area contributed by atoms with E-state index in [0.29, 0.717) is 19.6 Å². The molecule has 0 spiro atoms. The summed E-state index contributed by atoms with van der Waals surface area (Å²) < 4.78 is 5.08. The molecule has 2 saturated heterocycles. The first kappa shape index (κ1) is 13.8. The molecule has 0 aromatic heterocycles. The number of likely N-dealkylation sites (tertiary alicyclic amines) is 1. The summed E-state index contributed by atoms with van der Waals surface area (Å²) >= 11 is 0. The van der Waals surface area contributed by atoms with Gasteiger partial charge in [-0.2, -0.15) is 0 Å². The number of morpholine rings is 1. The second-order valence-electron chi connectivity index (χ2n) is 4.82. The largest absolute Gasteiger partial charge is 0.479 e. The van der Waals surface area contributed by atoms with E-state index in [4.69, 9.17) is 9.84 Å². The highest BCUT2D eigenvalue weighted by Gasteiger charge is 2.38. The van der Waals surface area contributed by atoms with Gasteiger partial charge in [0.15, 0.2) is 6.10 Å². The first-order chi connectivity index (χ1) is 9.02. The number of carboxylic acid groups (broad SMARTS) is 1. The third-order valence-corrected chi connectivity index (χ3v) is 3.60. The van der Waals surface area contributed by atoms with Crippen LogP contribution in [0.3, 0.4) is 0 Å². The lowest BCUT2D eigenvalue weighted by atomic mass is 10.1. The van der Waals surface area contributed by atoms with E-state index < -0.39 is 12.1 Å². The number of ether oxygens (including phenoxy) is 1. The Morgan fingerprint density at radius 2 is 2.16 bits per heavy atom. The van der Waals surface area contributed by atoms with Crippen LogP contribution in [0.4, 0.5) is 0 Å². The van der Waals surface area contributed by atoms with Crippen LogP contribution in [0.2, 0.25) is 0 Å². The molecular weight excluding hydrogens is 252 g/mol. The van der Waals surface area contributed by atoms with E-state index in [1.165, 1.54) is 4.90 Å². The fraction of sp³-hybridized carbons (Fsp3) is 0.750. The second-order valence-corrected chi connectivity index (χ2v) is 4.82. The maximum atomic E-state index is 12.3. The van der Waals surface area contributed by atoms with Crippen molar-refractivity contribution in [2.24, 2.45) is 5.92 Å². The molecule has 0 aliphatic carbocycles. The molecule has 2 atom stereocenters. The van der Waals surface area contributed by atoms with Gasteiger partial charge in [0.2, 0.25) is 11.8 Å². The van der Waals surface area contributed by atoms with Crippen molar-refractivity contribution in [2.45, 2.75) is 19.4 Å². The average molecular weight is 270 g/mol. The molecule has 2 heterocycles. The number of amides is 2. The fourth-order valence-electron chi connectivity index (χ4n) is 2.50. The van der Waals surface area contributed by atoms with Crippen LogP contribution in [0.25, 0.3) is 0 Å². The van der Waals surface area contributed by atoms with Crippen LogP contribution in [0, 0.1) is 5.92 Å². The molecule has 2 aliphatic rings. The van der Waals surface area contributed by atoms with E-state index in [1.807, 2.05) is 6.92 Å². The average Bonchev–Trinajstić information content (AvgIpc) is 2.79. The molecule has 2 rings (SSSR count). The van der Waals surface area contributed by atoms with Crippen LogP contribution in [0.15, 0.2) is 0 Å². The van der Waals surface area contributed by atoms with Gasteiger partial charge in [0, 0.05) is 26.1 Å². The molecule has 7 heteroatoms. The number of carbonyl (C=O) groups is 3. The van der Waals surface area contributed by atoms with Crippen molar-refractivity contribution < 1.29 is 24.2 Å². The number of hydrogen-bond donors (Lipinski definition) is 1. The molecule has 2 fully saturated rings. The Hall–Kier alpha value is -1.63. The van der Waals surface area contributed by atoms with Crippen LogP contribution in [-0.4, -0.2) is 71.6 Å². The van der Waals surface area contributed by atoms with E-state index in [-0.39, 0.29) is 37.3 Å². The maximum absolute atomic E-state index is 12.3. The van der Waals surface area contributed by atoms with Crippen molar-refractivity contribution in [1.82, 2.24) is 9.80 Å². The Morgan fingerprint density at radius 1 is 1.42 bits per heavy atom. The summed E-state index contributed by atoms with van der Waals surface area (Å²) in [5.74, 6) is -1.56. The molecule has 0 aromatic carbocycles. The highest BCUT2D eigenvalue weighted by molar-refractivity contribution is 5.89. The minimum absolute atomic E-state index is 0.0103. The highest BCUT2D eigenvalue weighted by atomic mass is 16.5. The van der Waals surface area contributed by atoms with Gasteiger partial charge >= 0.3 is 5.97 Å². The van der Waals surface area contributed by atoms with Crippen molar-refractivity contribution in [2.75, 3.05) is 32.8 Å². The number of carboxylic acids is 1. The van der Waals surface area contributed by atoms with E-state index >= 15 is 0 Å². The molecule has 2 amide bonds. The second kappa shape index (κ2) is 5.56. The summed E-state index contributed by atoms with van der Waals surface area (Å²) in [7, 11) is 0. The lowest BCUT2D eigenvalue weighted by molar-refractivity contribution is -0.160. The summed E-state index contributed by atoms with van der Waals surface area (Å²) in [6, 6.07) is 0. The van der Waals surface area contributed by atoms with Gasteiger partial charge in [-0.05, 0) is 6.92 Å². The first-order valence-corrected chi connectivity index (χ1v) is 6.44. The lowest BCUT2D eigenvalue weighted by Crippen LogP contribution is -2.50. The molecule has 1 N–H and O–H groups in total. The highest BCUT2D eigenvalue weighted by Crippen LogP contribution is 2.21. The summed E-state index contributed by atoms with van der Waals surface area (Å²) in [6.45, 7) is 3.58. The molecule has 0 aromatic rings. The molecule has 0 radical (unpaired) electrons. The van der Waals surface area contributed by atoms with Crippen LogP contribution >= 0.6 is 0 Å². The predicted molar refractivity (Wildman–Crippen MR) is 64.3 cm³/mol. The molecule has 0 unspecified atom stereocenters. The van der Waals surface area contributed by atoms with Crippen LogP contribution in [-0.2, 0) is 19.1 Å². The van der Waals surface area contributed by atoms with Crippen molar-refractivity contribution in [3.8, 4) is 0 Å². The van der Waals surface area contributed by atoms with Crippen molar-refractivity contribution in [1.29, 1.82) is 0 Å². The zero-order valence-corrected chi connectivity index (χ0v) is 10.9. The summed E-state index contributed by atoms with van der Waals surface area (Å²) in [4.78, 5) is 37.9. The van der Waals surface area contributed by atoms with Gasteiger partial charge in [-0.1, -0.05) is 0 Å². The Kier molecular flexibility index (Phi) is 4.04. The number of rotatable bonds is 3. The van der Waals surface area contributed by atoms with Gasteiger partial charge in [0.25, 0.3) is 0 Å². The summed E-state index contributed by atoms with van der Waals surface area (Å²) in [6.07, 6.45) is -0.737. The molecule has 106 valence electrons. The normalized spacial score (nSPS) is 27.7. The van der Waals surface area contributed by atoms with Crippen LogP contribution in [0.5, 0.6) is 0 Å². The zero-order chi connectivity index (χ0) is 14.0. The first-order valence-electron chi connectivity index (χ1n) is 6.44. The monoisotopic (exact) mass is 270 g/mol. The van der Waals surface area contributed by atoms with Gasteiger partial charge in [-0.25, -0.2) is 4.79 Å². The smallest absolute Gasteiger partial charge is 0.334 e. The number of nitrogens with zero attached hydrogens (tertiary/aromatic N) is 2. The molecule has 0 saturated carbocycles. The Labute approximate surface area is 111 Å². The molecule has 2 aliphatic heterocycles. The summed E-state index contributed by atoms with van der Waals surface area (Å²) in [5.41, 5.74) is 0. The van der Waals surface area contributed by atoms with Crippen molar-refractivity contribution in [3.05, 3.63) is 0 Å². The molecule has 19 heavy (non-hydrogen) atoms. The molecular formula is C12H18N2O5. The number of carbonyl (C=O) groups excluding carboxylic acids is 2. The standard InChI is InChI=1S/C12H18N2O5/c1-2-13-6-8(5-10(13)15)11(16)14-3-4-19-9(7-14)12(17)18/h8-9H,2-7H2,1H3,(H,17,18)/t8-,9+/m1/s1. The van der Waals surface area contributed by atoms with E-state index in [1.54, 1.807) is 4.90 Å². The third-order valence-electron chi connectivity index (χ3n) is 3.60. The van der Waals surface area contributed by atoms with Gasteiger partial charge < -0.3 is 19.6 Å². The minimum atomic E-state index is -1.06. The molecule has 0 bridgehead atoms. The van der Waals surface area contributed by atoms with E-state index in [9.17, 15) is 14.4 Å². The Balaban J connectivity index is 1.96. The zero-order valence-electron chi connectivity index (χ0n) is 10.9. The van der Waals surface area contributed by atoms with Crippen molar-refractivity contribution >= 4 is 17.8 Å². The van der Waals surface area contributed by atoms with Crippen LogP contribution < -0.4 is 0 Å². The van der Waals surface area contributed by atoms with Gasteiger partial charge in [-0.15, -0.1) is 0 Å². The van der Waals surface area contributed by atoms with Gasteiger partial charge in [0.05, 0.1) is 19.1 Å². The Morgan fingerprint density at radius 3 is 2.74 bits per heavy atom. The van der Waals surface area contributed by atoms with Crippen LogP contribution in [0.1, 0.15) is 13.3 Å². The van der Waals surface area contributed by atoms with Crippen molar-refractivity contribution in [3.63, 3.8) is 0 Å². The third kappa shape index (κ3) is 2.86. The Bertz CT molecular complexity index is 398. The minimum Gasteiger partial charge on any atom is -0.479 e. The van der Waals surface area contributed by atoms with Gasteiger partial charge in [-0.3, -0.25) is 9.59 Å². The number of hydrogen-bond acceptors (Lipinski definition) is 4. The number of aliphatic carboxylic acids is 1. The fourth-order valence-corrected chi connectivity index (χ4v) is 2.50.